The van der Waals surface area contributed by atoms with E-state index in [4.69, 9.17) is 0 Å². The Morgan fingerprint density at radius 2 is 2.10 bits per heavy atom. The largest absolute Gasteiger partial charge is 0.307 e. The number of rotatable bonds is 5. The zero-order chi connectivity index (χ0) is 14.4. The molecule has 0 aromatic heterocycles. The molecule has 1 N–H and O–H groups in total. The zero-order valence-electron chi connectivity index (χ0n) is 12.7. The fraction of sp³-hybridized carbons (Fsp3) is 0.556. The van der Waals surface area contributed by atoms with Crippen LogP contribution in [0.5, 0.6) is 0 Å². The summed E-state index contributed by atoms with van der Waals surface area (Å²) in [6, 6.07) is 7.18. The monoisotopic (exact) mass is 335 g/mol. The summed E-state index contributed by atoms with van der Waals surface area (Å²) in [4.78, 5) is 0. The predicted molar refractivity (Wildman–Crippen MR) is 91.1 cm³/mol. The maximum Gasteiger partial charge on any atom is 0.0536 e. The van der Waals surface area contributed by atoms with Crippen LogP contribution in [0.25, 0.3) is 0 Å². The number of hydrogen-bond donors (Lipinski definition) is 1. The van der Waals surface area contributed by atoms with E-state index in [0.29, 0.717) is 6.04 Å². The highest BCUT2D eigenvalue weighted by molar-refractivity contribution is 9.10. The van der Waals surface area contributed by atoms with E-state index in [1.165, 1.54) is 54.1 Å². The molecule has 1 aromatic rings. The van der Waals surface area contributed by atoms with Gasteiger partial charge < -0.3 is 5.32 Å². The van der Waals surface area contributed by atoms with Crippen LogP contribution in [-0.4, -0.2) is 6.54 Å². The molecule has 1 aliphatic rings. The summed E-state index contributed by atoms with van der Waals surface area (Å²) < 4.78 is 1.22. The molecule has 0 bridgehead atoms. The van der Waals surface area contributed by atoms with Crippen molar-refractivity contribution < 1.29 is 0 Å². The molecule has 0 amide bonds. The predicted octanol–water partition coefficient (Wildman–Crippen LogP) is 5.69. The van der Waals surface area contributed by atoms with Crippen molar-refractivity contribution in [2.75, 3.05) is 6.54 Å². The molecule has 1 aliphatic carbocycles. The molecule has 0 heterocycles. The molecule has 110 valence electrons. The lowest BCUT2D eigenvalue weighted by atomic mass is 9.94. The van der Waals surface area contributed by atoms with Gasteiger partial charge in [-0.25, -0.2) is 0 Å². The van der Waals surface area contributed by atoms with Crippen LogP contribution in [0.1, 0.15) is 62.6 Å². The van der Waals surface area contributed by atoms with E-state index >= 15 is 0 Å². The fourth-order valence-corrected chi connectivity index (χ4v) is 3.24. The lowest BCUT2D eigenvalue weighted by Crippen LogP contribution is -2.24. The highest BCUT2D eigenvalue weighted by Gasteiger charge is 2.17. The molecule has 2 heteroatoms. The van der Waals surface area contributed by atoms with E-state index in [0.717, 1.165) is 6.54 Å². The molecular weight excluding hydrogens is 310 g/mol. The lowest BCUT2D eigenvalue weighted by molar-refractivity contribution is 0.567. The van der Waals surface area contributed by atoms with Gasteiger partial charge in [-0.1, -0.05) is 53.1 Å². The Hall–Kier alpha value is -0.600. The highest BCUT2D eigenvalue weighted by atomic mass is 79.9. The van der Waals surface area contributed by atoms with Gasteiger partial charge in [0.05, 0.1) is 6.04 Å². The van der Waals surface area contributed by atoms with Crippen LogP contribution >= 0.6 is 15.9 Å². The van der Waals surface area contributed by atoms with E-state index in [1.807, 2.05) is 0 Å². The topological polar surface area (TPSA) is 12.0 Å². The van der Waals surface area contributed by atoms with Crippen LogP contribution < -0.4 is 5.32 Å². The van der Waals surface area contributed by atoms with Crippen molar-refractivity contribution in [3.05, 3.63) is 45.4 Å². The van der Waals surface area contributed by atoms with Crippen LogP contribution in [0.3, 0.4) is 0 Å². The van der Waals surface area contributed by atoms with Crippen LogP contribution in [0.15, 0.2) is 34.3 Å². The van der Waals surface area contributed by atoms with Crippen molar-refractivity contribution in [3.8, 4) is 0 Å². The Balaban J connectivity index is 2.25. The van der Waals surface area contributed by atoms with Gasteiger partial charge in [0.1, 0.15) is 0 Å². The maximum atomic E-state index is 3.74. The maximum absolute atomic E-state index is 3.74. The normalized spacial score (nSPS) is 17.4. The van der Waals surface area contributed by atoms with E-state index in [2.05, 4.69) is 59.4 Å². The van der Waals surface area contributed by atoms with E-state index in [1.54, 1.807) is 5.57 Å². The van der Waals surface area contributed by atoms with Crippen LogP contribution in [0.2, 0.25) is 0 Å². The Bertz CT molecular complexity index is 464. The standard InChI is InChI=1S/C18H26BrN/c1-3-12-20-18(15-8-6-4-5-7-9-15)16-11-10-14(2)17(19)13-16/h8,10-11,13,18,20H,3-7,9,12H2,1-2H3. The summed E-state index contributed by atoms with van der Waals surface area (Å²) in [5.41, 5.74) is 4.29. The number of nitrogens with one attached hydrogen (secondary N) is 1. The summed E-state index contributed by atoms with van der Waals surface area (Å²) in [5, 5.41) is 3.74. The van der Waals surface area contributed by atoms with Gasteiger partial charge >= 0.3 is 0 Å². The molecule has 1 unspecified atom stereocenters. The number of hydrogen-bond acceptors (Lipinski definition) is 1. The van der Waals surface area contributed by atoms with Crippen LogP contribution in [-0.2, 0) is 0 Å². The number of halogens is 1. The molecular formula is C18H26BrN. The second-order valence-electron chi connectivity index (χ2n) is 5.77. The van der Waals surface area contributed by atoms with Crippen molar-refractivity contribution in [1.82, 2.24) is 5.32 Å². The molecule has 0 saturated heterocycles. The summed E-state index contributed by atoms with van der Waals surface area (Å²) in [7, 11) is 0. The first-order valence-electron chi connectivity index (χ1n) is 7.90. The zero-order valence-corrected chi connectivity index (χ0v) is 14.3. The van der Waals surface area contributed by atoms with Crippen molar-refractivity contribution >= 4 is 15.9 Å². The Morgan fingerprint density at radius 3 is 2.85 bits per heavy atom. The van der Waals surface area contributed by atoms with Crippen LogP contribution in [0, 0.1) is 6.92 Å². The summed E-state index contributed by atoms with van der Waals surface area (Å²) in [6.45, 7) is 5.46. The summed E-state index contributed by atoms with van der Waals surface area (Å²) in [6.07, 6.45) is 10.2. The van der Waals surface area contributed by atoms with Gasteiger partial charge in [0.15, 0.2) is 0 Å². The molecule has 2 rings (SSSR count). The minimum atomic E-state index is 0.393. The average Bonchev–Trinajstić information content (AvgIpc) is 2.72. The van der Waals surface area contributed by atoms with Gasteiger partial charge in [0.25, 0.3) is 0 Å². The van der Waals surface area contributed by atoms with Crippen molar-refractivity contribution in [2.24, 2.45) is 0 Å². The molecule has 0 aliphatic heterocycles. The molecule has 0 saturated carbocycles. The molecule has 0 spiro atoms. The summed E-state index contributed by atoms with van der Waals surface area (Å²) in [5.74, 6) is 0. The second-order valence-corrected chi connectivity index (χ2v) is 6.63. The van der Waals surface area contributed by atoms with Gasteiger partial charge in [0.2, 0.25) is 0 Å². The third-order valence-electron chi connectivity index (χ3n) is 4.07. The first-order chi connectivity index (χ1) is 9.72. The fourth-order valence-electron chi connectivity index (χ4n) is 2.84. The smallest absolute Gasteiger partial charge is 0.0536 e. The summed E-state index contributed by atoms with van der Waals surface area (Å²) >= 11 is 3.67. The average molecular weight is 336 g/mol. The van der Waals surface area contributed by atoms with Gasteiger partial charge in [-0.3, -0.25) is 0 Å². The van der Waals surface area contributed by atoms with Gasteiger partial charge in [-0.15, -0.1) is 0 Å². The molecule has 0 radical (unpaired) electrons. The minimum Gasteiger partial charge on any atom is -0.307 e. The Labute approximate surface area is 132 Å². The second kappa shape index (κ2) is 7.99. The SMILES string of the molecule is CCCNC(C1=CCCCCC1)c1ccc(C)c(Br)c1. The van der Waals surface area contributed by atoms with Gasteiger partial charge in [-0.2, -0.15) is 0 Å². The van der Waals surface area contributed by atoms with E-state index in [9.17, 15) is 0 Å². The number of aryl methyl sites for hydroxylation is 1. The van der Waals surface area contributed by atoms with Crippen molar-refractivity contribution in [1.29, 1.82) is 0 Å². The first kappa shape index (κ1) is 15.8. The molecule has 0 fully saturated rings. The minimum absolute atomic E-state index is 0.393. The van der Waals surface area contributed by atoms with Gasteiger partial charge in [0, 0.05) is 4.47 Å². The number of benzene rings is 1. The molecule has 1 atom stereocenters. The van der Waals surface area contributed by atoms with Crippen molar-refractivity contribution in [3.63, 3.8) is 0 Å². The van der Waals surface area contributed by atoms with Crippen molar-refractivity contribution in [2.45, 2.75) is 58.4 Å². The third kappa shape index (κ3) is 4.20. The quantitative estimate of drug-likeness (QED) is 0.681. The first-order valence-corrected chi connectivity index (χ1v) is 8.70. The lowest BCUT2D eigenvalue weighted by Gasteiger charge is -2.23. The van der Waals surface area contributed by atoms with E-state index < -0.39 is 0 Å². The molecule has 20 heavy (non-hydrogen) atoms. The third-order valence-corrected chi connectivity index (χ3v) is 4.93. The van der Waals surface area contributed by atoms with Crippen LogP contribution in [0.4, 0.5) is 0 Å². The molecule has 1 aromatic carbocycles. The van der Waals surface area contributed by atoms with Gasteiger partial charge in [-0.05, 0) is 62.8 Å². The van der Waals surface area contributed by atoms with E-state index in [-0.39, 0.29) is 0 Å². The Morgan fingerprint density at radius 1 is 1.25 bits per heavy atom. The highest BCUT2D eigenvalue weighted by Crippen LogP contribution is 2.31. The molecule has 1 nitrogen and oxygen atoms in total. The Kier molecular flexibility index (Phi) is 6.31. The number of allylic oxidation sites excluding steroid dienone is 1.